The minimum atomic E-state index is 0.118. The van der Waals surface area contributed by atoms with Crippen molar-refractivity contribution in [3.05, 3.63) is 36.5 Å². The van der Waals surface area contributed by atoms with E-state index in [9.17, 15) is 4.79 Å². The molecule has 1 aliphatic carbocycles. The lowest BCUT2D eigenvalue weighted by molar-refractivity contribution is 0.0465. The molecule has 0 aromatic carbocycles. The molecule has 2 aromatic heterocycles. The molecule has 0 unspecified atom stereocenters. The van der Waals surface area contributed by atoms with Gasteiger partial charge in [0.25, 0.3) is 5.91 Å². The van der Waals surface area contributed by atoms with Gasteiger partial charge in [0, 0.05) is 24.8 Å². The predicted molar refractivity (Wildman–Crippen MR) is 94.4 cm³/mol. The molecule has 0 atom stereocenters. The maximum Gasteiger partial charge on any atom is 0.254 e. The summed E-state index contributed by atoms with van der Waals surface area (Å²) in [5.41, 5.74) is 1.04. The smallest absolute Gasteiger partial charge is 0.254 e. The minimum absolute atomic E-state index is 0.118. The number of carbonyl (C=O) groups excluding carboxylic acids is 1. The van der Waals surface area contributed by atoms with Gasteiger partial charge in [0.15, 0.2) is 5.82 Å². The molecule has 2 aliphatic rings. The lowest BCUT2D eigenvalue weighted by atomic mass is 9.74. The number of amides is 1. The topological polar surface area (TPSA) is 63.9 Å². The molecule has 0 N–H and O–H groups in total. The Morgan fingerprint density at radius 2 is 1.88 bits per heavy atom. The second-order valence-corrected chi connectivity index (χ2v) is 7.49. The SMILES string of the molecule is O=C(c1ccnc(-n2cncn2)c1)N1CCCC2(CCCCCC2)C1. The van der Waals surface area contributed by atoms with E-state index >= 15 is 0 Å². The van der Waals surface area contributed by atoms with Gasteiger partial charge in [-0.2, -0.15) is 5.10 Å². The molecule has 3 heterocycles. The number of aromatic nitrogens is 4. The summed E-state index contributed by atoms with van der Waals surface area (Å²) in [6.07, 6.45) is 15.0. The summed E-state index contributed by atoms with van der Waals surface area (Å²) in [5.74, 6) is 0.747. The van der Waals surface area contributed by atoms with Gasteiger partial charge >= 0.3 is 0 Å². The van der Waals surface area contributed by atoms with Crippen LogP contribution in [0.4, 0.5) is 0 Å². The van der Waals surface area contributed by atoms with Crippen molar-refractivity contribution < 1.29 is 4.79 Å². The Morgan fingerprint density at radius 1 is 1.08 bits per heavy atom. The first kappa shape index (κ1) is 16.2. The zero-order valence-corrected chi connectivity index (χ0v) is 14.6. The largest absolute Gasteiger partial charge is 0.338 e. The highest BCUT2D eigenvalue weighted by Gasteiger charge is 2.37. The summed E-state index contributed by atoms with van der Waals surface area (Å²) in [7, 11) is 0. The van der Waals surface area contributed by atoms with E-state index in [1.54, 1.807) is 23.3 Å². The second-order valence-electron chi connectivity index (χ2n) is 7.49. The Morgan fingerprint density at radius 3 is 2.64 bits per heavy atom. The maximum absolute atomic E-state index is 13.1. The van der Waals surface area contributed by atoms with E-state index in [2.05, 4.69) is 20.0 Å². The van der Waals surface area contributed by atoms with Crippen molar-refractivity contribution in [2.45, 2.75) is 51.4 Å². The lowest BCUT2D eigenvalue weighted by Crippen LogP contribution is -2.46. The zero-order chi connectivity index (χ0) is 17.1. The van der Waals surface area contributed by atoms with Gasteiger partial charge in [-0.05, 0) is 43.2 Å². The number of pyridine rings is 1. The van der Waals surface area contributed by atoms with Crippen LogP contribution in [-0.2, 0) is 0 Å². The molecule has 2 aromatic rings. The fourth-order valence-corrected chi connectivity index (χ4v) is 4.45. The second kappa shape index (κ2) is 6.94. The number of hydrogen-bond acceptors (Lipinski definition) is 4. The molecule has 1 saturated carbocycles. The molecule has 6 heteroatoms. The first-order valence-corrected chi connectivity index (χ1v) is 9.36. The third-order valence-corrected chi connectivity index (χ3v) is 5.76. The lowest BCUT2D eigenvalue weighted by Gasteiger charge is -2.42. The normalized spacial score (nSPS) is 20.4. The van der Waals surface area contributed by atoms with E-state index in [1.165, 1.54) is 51.3 Å². The molecule has 2 fully saturated rings. The van der Waals surface area contributed by atoms with Gasteiger partial charge in [0.2, 0.25) is 0 Å². The molecule has 1 saturated heterocycles. The Balaban J connectivity index is 1.53. The Kier molecular flexibility index (Phi) is 4.51. The quantitative estimate of drug-likeness (QED) is 0.842. The number of carbonyl (C=O) groups is 1. The van der Waals surface area contributed by atoms with Crippen LogP contribution in [0, 0.1) is 5.41 Å². The Hall–Kier alpha value is -2.24. The van der Waals surface area contributed by atoms with Gasteiger partial charge in [-0.15, -0.1) is 0 Å². The molecule has 6 nitrogen and oxygen atoms in total. The van der Waals surface area contributed by atoms with Crippen molar-refractivity contribution in [1.29, 1.82) is 0 Å². The fraction of sp³-hybridized carbons (Fsp3) is 0.579. The molecule has 1 spiro atoms. The van der Waals surface area contributed by atoms with Gasteiger partial charge in [-0.25, -0.2) is 14.6 Å². The average Bonchev–Trinajstić information content (AvgIpc) is 3.11. The summed E-state index contributed by atoms with van der Waals surface area (Å²) >= 11 is 0. The highest BCUT2D eigenvalue weighted by Crippen LogP contribution is 2.42. The summed E-state index contributed by atoms with van der Waals surface area (Å²) in [4.78, 5) is 23.4. The van der Waals surface area contributed by atoms with Crippen molar-refractivity contribution >= 4 is 5.91 Å². The first-order chi connectivity index (χ1) is 12.3. The molecular weight excluding hydrogens is 314 g/mol. The van der Waals surface area contributed by atoms with E-state index in [-0.39, 0.29) is 5.91 Å². The van der Waals surface area contributed by atoms with Crippen molar-refractivity contribution in [2.24, 2.45) is 5.41 Å². The number of likely N-dealkylation sites (tertiary alicyclic amines) is 1. The van der Waals surface area contributed by atoms with Gasteiger partial charge in [0.1, 0.15) is 12.7 Å². The van der Waals surface area contributed by atoms with Crippen LogP contribution in [-0.4, -0.2) is 43.6 Å². The van der Waals surface area contributed by atoms with Crippen LogP contribution < -0.4 is 0 Å². The third kappa shape index (κ3) is 3.43. The number of piperidine rings is 1. The van der Waals surface area contributed by atoms with Crippen LogP contribution in [0.3, 0.4) is 0 Å². The summed E-state index contributed by atoms with van der Waals surface area (Å²) < 4.78 is 1.58. The van der Waals surface area contributed by atoms with E-state index in [1.807, 2.05) is 6.07 Å². The minimum Gasteiger partial charge on any atom is -0.338 e. The Labute approximate surface area is 148 Å². The van der Waals surface area contributed by atoms with Crippen molar-refractivity contribution in [2.75, 3.05) is 13.1 Å². The summed E-state index contributed by atoms with van der Waals surface area (Å²) in [6, 6.07) is 3.61. The summed E-state index contributed by atoms with van der Waals surface area (Å²) in [6.45, 7) is 1.77. The Bertz CT molecular complexity index is 719. The molecule has 25 heavy (non-hydrogen) atoms. The molecule has 0 bridgehead atoms. The molecular formula is C19H25N5O. The van der Waals surface area contributed by atoms with E-state index in [0.29, 0.717) is 16.8 Å². The fourth-order valence-electron chi connectivity index (χ4n) is 4.45. The number of nitrogens with zero attached hydrogens (tertiary/aromatic N) is 5. The molecule has 132 valence electrons. The van der Waals surface area contributed by atoms with E-state index < -0.39 is 0 Å². The summed E-state index contributed by atoms with van der Waals surface area (Å²) in [5, 5.41) is 4.10. The average molecular weight is 339 g/mol. The van der Waals surface area contributed by atoms with Crippen LogP contribution in [0.2, 0.25) is 0 Å². The highest BCUT2D eigenvalue weighted by molar-refractivity contribution is 5.94. The molecule has 1 aliphatic heterocycles. The van der Waals surface area contributed by atoms with Crippen LogP contribution >= 0.6 is 0 Å². The van der Waals surface area contributed by atoms with Crippen molar-refractivity contribution in [3.8, 4) is 5.82 Å². The van der Waals surface area contributed by atoms with Crippen LogP contribution in [0.25, 0.3) is 5.82 Å². The van der Waals surface area contributed by atoms with E-state index in [0.717, 1.165) is 19.5 Å². The number of rotatable bonds is 2. The van der Waals surface area contributed by atoms with Crippen molar-refractivity contribution in [3.63, 3.8) is 0 Å². The van der Waals surface area contributed by atoms with Gasteiger partial charge in [-0.3, -0.25) is 4.79 Å². The van der Waals surface area contributed by atoms with Crippen LogP contribution in [0.5, 0.6) is 0 Å². The molecule has 1 amide bonds. The molecule has 0 radical (unpaired) electrons. The first-order valence-electron chi connectivity index (χ1n) is 9.36. The number of hydrogen-bond donors (Lipinski definition) is 0. The van der Waals surface area contributed by atoms with Crippen LogP contribution in [0.1, 0.15) is 61.7 Å². The predicted octanol–water partition coefficient (Wildman–Crippen LogP) is 3.24. The maximum atomic E-state index is 13.1. The molecule has 4 rings (SSSR count). The zero-order valence-electron chi connectivity index (χ0n) is 14.6. The standard InChI is InChI=1S/C19H25N5O/c25-18(16-6-10-21-17(12-16)24-15-20-14-22-24)23-11-5-9-19(13-23)7-3-1-2-4-8-19/h6,10,12,14-15H,1-5,7-9,11,13H2. The monoisotopic (exact) mass is 339 g/mol. The van der Waals surface area contributed by atoms with Gasteiger partial charge in [0.05, 0.1) is 0 Å². The third-order valence-electron chi connectivity index (χ3n) is 5.76. The highest BCUT2D eigenvalue weighted by atomic mass is 16.2. The van der Waals surface area contributed by atoms with E-state index in [4.69, 9.17) is 0 Å². The van der Waals surface area contributed by atoms with Gasteiger partial charge in [-0.1, -0.05) is 25.7 Å². The van der Waals surface area contributed by atoms with Crippen molar-refractivity contribution in [1.82, 2.24) is 24.6 Å². The van der Waals surface area contributed by atoms with Crippen LogP contribution in [0.15, 0.2) is 31.0 Å². The van der Waals surface area contributed by atoms with Gasteiger partial charge < -0.3 is 4.90 Å².